The fourth-order valence-corrected chi connectivity index (χ4v) is 10.8. The fraction of sp³-hybridized carbons (Fsp3) is 0.549. The number of alkyl halides is 3. The molecular formula is C51H64F3N9O8. The number of nitrogens with zero attached hydrogens (tertiary/aromatic N) is 7. The third-order valence-corrected chi connectivity index (χ3v) is 14.3. The monoisotopic (exact) mass is 987 g/mol. The summed E-state index contributed by atoms with van der Waals surface area (Å²) in [5, 5.41) is 4.72. The van der Waals surface area contributed by atoms with E-state index >= 15 is 0 Å². The molecule has 17 nitrogen and oxygen atoms in total. The Bertz CT molecular complexity index is 2680. The third kappa shape index (κ3) is 10.7. The molecule has 6 bridgehead atoms. The van der Waals surface area contributed by atoms with E-state index in [4.69, 9.17) is 18.9 Å². The Morgan fingerprint density at radius 1 is 1.10 bits per heavy atom. The molecule has 5 amide bonds. The molecule has 8 rings (SSSR count). The van der Waals surface area contributed by atoms with Crippen molar-refractivity contribution in [1.82, 2.24) is 45.0 Å². The molecule has 71 heavy (non-hydrogen) atoms. The molecule has 4 aliphatic rings. The number of nitrogens with one attached hydrogen (secondary N) is 2. The Hall–Kier alpha value is -6.28. The number of hydrogen-bond donors (Lipinski definition) is 2. The van der Waals surface area contributed by atoms with Gasteiger partial charge in [-0.15, -0.1) is 0 Å². The average molecular weight is 988 g/mol. The second-order valence-electron chi connectivity index (χ2n) is 20.4. The van der Waals surface area contributed by atoms with Gasteiger partial charge in [-0.1, -0.05) is 34.3 Å². The van der Waals surface area contributed by atoms with E-state index in [-0.39, 0.29) is 61.5 Å². The first-order chi connectivity index (χ1) is 33.7. The van der Waals surface area contributed by atoms with Crippen LogP contribution in [0.15, 0.2) is 59.9 Å². The van der Waals surface area contributed by atoms with Crippen molar-refractivity contribution in [2.24, 2.45) is 17.3 Å². The molecule has 4 aromatic rings. The van der Waals surface area contributed by atoms with Crippen molar-refractivity contribution < 1.29 is 51.0 Å². The number of cyclic esters (lactones) is 1. The minimum atomic E-state index is -4.62. The molecule has 1 aromatic carbocycles. The zero-order valence-electron chi connectivity index (χ0n) is 41.4. The molecule has 7 heterocycles. The topological polar surface area (TPSA) is 185 Å². The summed E-state index contributed by atoms with van der Waals surface area (Å²) < 4.78 is 62.9. The summed E-state index contributed by atoms with van der Waals surface area (Å²) in [6.45, 7) is 12.9. The number of pyridine rings is 1. The van der Waals surface area contributed by atoms with Crippen molar-refractivity contribution in [1.29, 1.82) is 0 Å². The number of urea groups is 1. The molecule has 4 aliphatic heterocycles. The van der Waals surface area contributed by atoms with Crippen LogP contribution in [0.4, 0.5) is 18.0 Å². The van der Waals surface area contributed by atoms with Crippen LogP contribution >= 0.6 is 0 Å². The number of hydrogen-bond acceptors (Lipinski definition) is 11. The Balaban J connectivity index is 1.16. The first-order valence-electron chi connectivity index (χ1n) is 24.3. The molecule has 0 radical (unpaired) electrons. The minimum Gasteiger partial charge on any atom is -0.464 e. The molecule has 2 N–H and O–H groups in total. The van der Waals surface area contributed by atoms with Gasteiger partial charge in [0.2, 0.25) is 17.7 Å². The number of rotatable bonds is 9. The normalized spacial score (nSPS) is 22.7. The van der Waals surface area contributed by atoms with E-state index in [2.05, 4.69) is 22.3 Å². The Labute approximate surface area is 411 Å². The summed E-state index contributed by atoms with van der Waals surface area (Å²) in [4.78, 5) is 84.3. The van der Waals surface area contributed by atoms with Crippen LogP contribution in [-0.4, -0.2) is 141 Å². The number of likely N-dealkylation sites (tertiary alicyclic amines) is 2. The van der Waals surface area contributed by atoms with E-state index in [0.29, 0.717) is 71.5 Å². The lowest BCUT2D eigenvalue weighted by molar-refractivity contribution is -0.155. The van der Waals surface area contributed by atoms with E-state index in [0.717, 1.165) is 12.8 Å². The van der Waals surface area contributed by atoms with Crippen molar-refractivity contribution >= 4 is 40.6 Å². The fourth-order valence-electron chi connectivity index (χ4n) is 10.8. The zero-order valence-corrected chi connectivity index (χ0v) is 41.4. The maximum atomic E-state index is 14.7. The second kappa shape index (κ2) is 20.4. The number of carbonyl (C=O) groups is 5. The summed E-state index contributed by atoms with van der Waals surface area (Å²) in [6.07, 6.45) is 1.46. The molecule has 0 aliphatic carbocycles. The number of fused-ring (bicyclic) bond motifs is 7. The SMILES string of the molecule is C=CC(=O)N1CCC[C@H]2CN(C(=O)N(C)C(C(=O)N[C@H]3Cc4coc(n4)-c4ccc5c(c4)c(c(-c4cccnc4[C@H](C)OC)n5CC(F)(F)F)CC(C)(C)COC(=O)[C@@H]4CCCN(N4)C3=O)C(C)C)C[C@H]21. The number of piperidine rings is 1. The lowest BCUT2D eigenvalue weighted by Crippen LogP contribution is -2.62. The predicted molar refractivity (Wildman–Crippen MR) is 256 cm³/mol. The maximum Gasteiger partial charge on any atom is 0.406 e. The van der Waals surface area contributed by atoms with Crippen LogP contribution < -0.4 is 10.7 Å². The quantitative estimate of drug-likeness (QED) is 0.139. The Morgan fingerprint density at radius 2 is 1.86 bits per heavy atom. The maximum absolute atomic E-state index is 14.7. The summed E-state index contributed by atoms with van der Waals surface area (Å²) >= 11 is 0. The van der Waals surface area contributed by atoms with Crippen molar-refractivity contribution in [3.05, 3.63) is 72.4 Å². The van der Waals surface area contributed by atoms with Gasteiger partial charge in [0.15, 0.2) is 0 Å². The highest BCUT2D eigenvalue weighted by Crippen LogP contribution is 2.43. The Kier molecular flexibility index (Phi) is 14.7. The number of hydrazine groups is 1. The van der Waals surface area contributed by atoms with Gasteiger partial charge in [-0.25, -0.2) is 15.2 Å². The largest absolute Gasteiger partial charge is 0.464 e. The number of oxazole rings is 1. The molecule has 6 atom stereocenters. The summed E-state index contributed by atoms with van der Waals surface area (Å²) in [7, 11) is 3.06. The van der Waals surface area contributed by atoms with Crippen molar-refractivity contribution in [2.45, 2.75) is 116 Å². The van der Waals surface area contributed by atoms with Crippen LogP contribution in [0.1, 0.15) is 83.4 Å². The van der Waals surface area contributed by atoms with E-state index in [1.807, 2.05) is 13.8 Å². The van der Waals surface area contributed by atoms with E-state index < -0.39 is 66.1 Å². The van der Waals surface area contributed by atoms with Gasteiger partial charge in [-0.05, 0) is 92.8 Å². The number of carbonyl (C=O) groups excluding carboxylic acids is 5. The lowest BCUT2D eigenvalue weighted by atomic mass is 9.84. The van der Waals surface area contributed by atoms with Crippen LogP contribution in [0, 0.1) is 17.3 Å². The first-order valence-corrected chi connectivity index (χ1v) is 24.3. The number of aromatic nitrogens is 3. The van der Waals surface area contributed by atoms with Crippen molar-refractivity contribution in [2.75, 3.05) is 46.9 Å². The summed E-state index contributed by atoms with van der Waals surface area (Å²) in [5.41, 5.74) is 4.96. The van der Waals surface area contributed by atoms with Gasteiger partial charge in [-0.3, -0.25) is 29.2 Å². The van der Waals surface area contributed by atoms with Crippen LogP contribution in [-0.2, 0) is 48.0 Å². The van der Waals surface area contributed by atoms with Gasteiger partial charge < -0.3 is 38.5 Å². The summed E-state index contributed by atoms with van der Waals surface area (Å²) in [6, 6.07) is 4.56. The second-order valence-corrected chi connectivity index (χ2v) is 20.4. The first kappa shape index (κ1) is 51.1. The molecule has 0 spiro atoms. The van der Waals surface area contributed by atoms with Gasteiger partial charge in [0, 0.05) is 80.4 Å². The van der Waals surface area contributed by atoms with Gasteiger partial charge in [0.25, 0.3) is 5.91 Å². The molecule has 3 saturated heterocycles. The van der Waals surface area contributed by atoms with E-state index in [9.17, 15) is 37.1 Å². The van der Waals surface area contributed by atoms with Crippen LogP contribution in [0.3, 0.4) is 0 Å². The standard InChI is InChI=1S/C51H64F3N9O8/c1-9-41(64)61-19-11-13-32-24-60(25-40(32)61)49(68)59(7)43(29(2)3)45(65)57-38-22-33-26-70-46(56-33)31-16-17-39-35(21-31)36(23-50(5,6)28-71-48(67)37-15-12-20-63(58-37)47(38)66)44(62(39)27-51(52,53)54)34-14-10-18-55-42(34)30(4)69-8/h9-10,14,16-18,21,26,29-30,32,37-38,40,43,58H,1,11-13,15,19-20,22-25,27-28H2,2-8H3,(H,57,65)/t30-,32-,37-,38-,40+,43?/m0/s1. The highest BCUT2D eigenvalue weighted by molar-refractivity contribution is 5.95. The zero-order chi connectivity index (χ0) is 51.1. The number of benzene rings is 1. The summed E-state index contributed by atoms with van der Waals surface area (Å²) in [5.74, 6) is -2.15. The lowest BCUT2D eigenvalue weighted by Gasteiger charge is -2.37. The predicted octanol–water partition coefficient (Wildman–Crippen LogP) is 6.46. The number of esters is 1. The molecule has 20 heteroatoms. The molecular weight excluding hydrogens is 924 g/mol. The van der Waals surface area contributed by atoms with Crippen molar-refractivity contribution in [3.8, 4) is 22.7 Å². The molecule has 382 valence electrons. The smallest absolute Gasteiger partial charge is 0.406 e. The molecule has 3 fully saturated rings. The van der Waals surface area contributed by atoms with Gasteiger partial charge in [0.05, 0.1) is 35.8 Å². The minimum absolute atomic E-state index is 0.0834. The van der Waals surface area contributed by atoms with E-state index in [1.54, 1.807) is 74.1 Å². The number of halogens is 3. The van der Waals surface area contributed by atoms with Crippen molar-refractivity contribution in [3.63, 3.8) is 0 Å². The highest BCUT2D eigenvalue weighted by Gasteiger charge is 2.45. The number of ether oxygens (including phenoxy) is 2. The molecule has 1 unspecified atom stereocenters. The van der Waals surface area contributed by atoms with Gasteiger partial charge in [-0.2, -0.15) is 13.2 Å². The van der Waals surface area contributed by atoms with Gasteiger partial charge in [0.1, 0.15) is 30.9 Å². The van der Waals surface area contributed by atoms with Crippen LogP contribution in [0.5, 0.6) is 0 Å². The highest BCUT2D eigenvalue weighted by atomic mass is 19.4. The number of amides is 5. The van der Waals surface area contributed by atoms with E-state index in [1.165, 1.54) is 33.9 Å². The average Bonchev–Trinajstić information content (AvgIpc) is 4.07. The third-order valence-electron chi connectivity index (χ3n) is 14.3. The number of likely N-dealkylation sites (N-methyl/N-ethyl adjacent to an activating group) is 1. The Morgan fingerprint density at radius 3 is 2.58 bits per heavy atom. The molecule has 3 aromatic heterocycles. The van der Waals surface area contributed by atoms with Crippen LogP contribution in [0.2, 0.25) is 0 Å². The molecule has 0 saturated carbocycles. The van der Waals surface area contributed by atoms with Gasteiger partial charge >= 0.3 is 18.2 Å². The van der Waals surface area contributed by atoms with Crippen LogP contribution in [0.25, 0.3) is 33.6 Å². The number of methoxy groups -OCH3 is 1.